The van der Waals surface area contributed by atoms with Gasteiger partial charge in [0.1, 0.15) is 11.9 Å². The summed E-state index contributed by atoms with van der Waals surface area (Å²) in [5, 5.41) is 2.82. The fourth-order valence-electron chi connectivity index (χ4n) is 3.56. The number of anilines is 1. The van der Waals surface area contributed by atoms with Crippen LogP contribution in [0, 0.1) is 18.7 Å². The maximum absolute atomic E-state index is 14.3. The summed E-state index contributed by atoms with van der Waals surface area (Å²) in [6, 6.07) is 12.4. The number of rotatable bonds is 12. The lowest BCUT2D eigenvalue weighted by atomic mass is 10.1. The Balaban J connectivity index is 2.16. The quantitative estimate of drug-likeness (QED) is 0.475. The van der Waals surface area contributed by atoms with Gasteiger partial charge < -0.3 is 10.2 Å². The lowest BCUT2D eigenvalue weighted by Gasteiger charge is -2.29. The normalized spacial score (nSPS) is 12.3. The van der Waals surface area contributed by atoms with Crippen molar-refractivity contribution in [3.8, 4) is 0 Å². The van der Waals surface area contributed by atoms with Gasteiger partial charge in [-0.1, -0.05) is 49.7 Å². The molecule has 0 aliphatic heterocycles. The third kappa shape index (κ3) is 8.65. The van der Waals surface area contributed by atoms with Crippen LogP contribution in [0.1, 0.15) is 44.7 Å². The Kier molecular flexibility index (Phi) is 10.2. The number of sulfonamides is 1. The molecule has 1 unspecified atom stereocenters. The predicted molar refractivity (Wildman–Crippen MR) is 137 cm³/mol. The van der Waals surface area contributed by atoms with E-state index in [1.165, 1.54) is 15.3 Å². The summed E-state index contributed by atoms with van der Waals surface area (Å²) in [5.41, 5.74) is 1.84. The highest BCUT2D eigenvalue weighted by molar-refractivity contribution is 7.92. The lowest BCUT2D eigenvalue weighted by molar-refractivity contribution is -0.140. The van der Waals surface area contributed by atoms with Gasteiger partial charge in [-0.3, -0.25) is 13.9 Å². The molecule has 7 nitrogen and oxygen atoms in total. The summed E-state index contributed by atoms with van der Waals surface area (Å²) < 4.78 is 40.3. The molecule has 0 fully saturated rings. The van der Waals surface area contributed by atoms with Crippen LogP contribution in [0.25, 0.3) is 0 Å². The molecule has 0 saturated heterocycles. The van der Waals surface area contributed by atoms with E-state index < -0.39 is 21.9 Å². The van der Waals surface area contributed by atoms with Crippen LogP contribution >= 0.6 is 0 Å². The van der Waals surface area contributed by atoms with Crippen molar-refractivity contribution in [1.82, 2.24) is 10.2 Å². The molecule has 0 radical (unpaired) electrons. The van der Waals surface area contributed by atoms with E-state index in [-0.39, 0.29) is 43.7 Å². The zero-order chi connectivity index (χ0) is 26.2. The number of hydrogen-bond acceptors (Lipinski definition) is 4. The van der Waals surface area contributed by atoms with Crippen LogP contribution in [0.2, 0.25) is 0 Å². The minimum atomic E-state index is -3.55. The Hall–Kier alpha value is -2.94. The van der Waals surface area contributed by atoms with E-state index in [9.17, 15) is 22.4 Å². The zero-order valence-electron chi connectivity index (χ0n) is 21.1. The van der Waals surface area contributed by atoms with Gasteiger partial charge in [0.05, 0.1) is 11.9 Å². The highest BCUT2D eigenvalue weighted by Crippen LogP contribution is 2.20. The second-order valence-corrected chi connectivity index (χ2v) is 11.1. The minimum absolute atomic E-state index is 0.00807. The van der Waals surface area contributed by atoms with Crippen LogP contribution in [0.3, 0.4) is 0 Å². The minimum Gasteiger partial charge on any atom is -0.354 e. The maximum Gasteiger partial charge on any atom is 0.242 e. The molecule has 0 aliphatic carbocycles. The molecule has 0 aromatic heterocycles. The molecule has 1 atom stereocenters. The zero-order valence-corrected chi connectivity index (χ0v) is 21.9. The molecule has 0 bridgehead atoms. The van der Waals surface area contributed by atoms with Crippen molar-refractivity contribution in [2.24, 2.45) is 5.92 Å². The average molecular weight is 506 g/mol. The van der Waals surface area contributed by atoms with Crippen LogP contribution in [0.5, 0.6) is 0 Å². The molecule has 0 saturated carbocycles. The fourth-order valence-corrected chi connectivity index (χ4v) is 4.53. The average Bonchev–Trinajstić information content (AvgIpc) is 2.79. The van der Waals surface area contributed by atoms with Gasteiger partial charge in [0, 0.05) is 31.6 Å². The topological polar surface area (TPSA) is 86.8 Å². The first kappa shape index (κ1) is 28.3. The smallest absolute Gasteiger partial charge is 0.242 e. The summed E-state index contributed by atoms with van der Waals surface area (Å²) >= 11 is 0. The van der Waals surface area contributed by atoms with Crippen molar-refractivity contribution in [1.29, 1.82) is 0 Å². The summed E-state index contributed by atoms with van der Waals surface area (Å²) in [6.45, 7) is 7.97. The molecular weight excluding hydrogens is 469 g/mol. The summed E-state index contributed by atoms with van der Waals surface area (Å²) in [4.78, 5) is 27.3. The summed E-state index contributed by atoms with van der Waals surface area (Å²) in [7, 11) is -3.55. The van der Waals surface area contributed by atoms with Crippen molar-refractivity contribution in [2.75, 3.05) is 23.7 Å². The highest BCUT2D eigenvalue weighted by Gasteiger charge is 2.27. The fraction of sp³-hybridized carbons (Fsp3) is 0.462. The lowest BCUT2D eigenvalue weighted by Crippen LogP contribution is -2.48. The van der Waals surface area contributed by atoms with E-state index in [1.807, 2.05) is 32.9 Å². The SMILES string of the molecule is Cc1ccc(N(CCCC(=O)N(Cc2ccccc2F)C(C)C(=O)NCC(C)C)S(C)(=O)=O)cc1. The van der Waals surface area contributed by atoms with Gasteiger partial charge >= 0.3 is 0 Å². The highest BCUT2D eigenvalue weighted by atomic mass is 32.2. The summed E-state index contributed by atoms with van der Waals surface area (Å²) in [6.07, 6.45) is 1.38. The van der Waals surface area contributed by atoms with E-state index in [0.717, 1.165) is 11.8 Å². The monoisotopic (exact) mass is 505 g/mol. The number of carbonyl (C=O) groups is 2. The van der Waals surface area contributed by atoms with Gasteiger partial charge in [-0.15, -0.1) is 0 Å². The third-order valence-electron chi connectivity index (χ3n) is 5.62. The Morgan fingerprint density at radius 2 is 1.66 bits per heavy atom. The number of halogens is 1. The number of carbonyl (C=O) groups excluding carboxylic acids is 2. The molecule has 2 aromatic carbocycles. The van der Waals surface area contributed by atoms with E-state index >= 15 is 0 Å². The second-order valence-electron chi connectivity index (χ2n) is 9.20. The van der Waals surface area contributed by atoms with Crippen LogP contribution < -0.4 is 9.62 Å². The molecule has 0 aliphatic rings. The first-order valence-corrected chi connectivity index (χ1v) is 13.6. The van der Waals surface area contributed by atoms with E-state index in [4.69, 9.17) is 0 Å². The largest absolute Gasteiger partial charge is 0.354 e. The number of amides is 2. The molecule has 35 heavy (non-hydrogen) atoms. The third-order valence-corrected chi connectivity index (χ3v) is 6.82. The number of nitrogens with one attached hydrogen (secondary N) is 1. The Labute approximate surface area is 208 Å². The Morgan fingerprint density at radius 1 is 1.03 bits per heavy atom. The van der Waals surface area contributed by atoms with Gasteiger partial charge in [0.2, 0.25) is 21.8 Å². The van der Waals surface area contributed by atoms with E-state index in [0.29, 0.717) is 17.8 Å². The molecule has 192 valence electrons. The molecule has 2 amide bonds. The van der Waals surface area contributed by atoms with Crippen molar-refractivity contribution in [3.05, 3.63) is 65.5 Å². The first-order valence-electron chi connectivity index (χ1n) is 11.7. The van der Waals surface area contributed by atoms with Crippen molar-refractivity contribution < 1.29 is 22.4 Å². The first-order chi connectivity index (χ1) is 16.4. The van der Waals surface area contributed by atoms with Crippen LogP contribution in [-0.2, 0) is 26.2 Å². The van der Waals surface area contributed by atoms with Crippen LogP contribution in [0.15, 0.2) is 48.5 Å². The molecular formula is C26H36FN3O4S. The van der Waals surface area contributed by atoms with Gasteiger partial charge in [-0.05, 0) is 44.4 Å². The molecule has 2 aromatic rings. The second kappa shape index (κ2) is 12.7. The number of benzene rings is 2. The number of aryl methyl sites for hydroxylation is 1. The van der Waals surface area contributed by atoms with Crippen molar-refractivity contribution >= 4 is 27.5 Å². The van der Waals surface area contributed by atoms with Crippen molar-refractivity contribution in [2.45, 2.75) is 53.1 Å². The number of hydrogen-bond donors (Lipinski definition) is 1. The Morgan fingerprint density at radius 3 is 2.23 bits per heavy atom. The van der Waals surface area contributed by atoms with Gasteiger partial charge in [0.25, 0.3) is 0 Å². The van der Waals surface area contributed by atoms with Crippen molar-refractivity contribution in [3.63, 3.8) is 0 Å². The standard InChI is InChI=1S/C26H36FN3O4S/c1-19(2)17-28-26(32)21(4)29(18-22-9-6-7-10-24(22)27)25(31)11-8-16-30(35(5,33)34)23-14-12-20(3)13-15-23/h6-7,9-10,12-15,19,21H,8,11,16-18H2,1-5H3,(H,28,32). The molecule has 2 rings (SSSR count). The van der Waals surface area contributed by atoms with Crippen LogP contribution in [-0.4, -0.2) is 50.5 Å². The predicted octanol–water partition coefficient (Wildman–Crippen LogP) is 3.87. The Bertz CT molecular complexity index is 1100. The van der Waals surface area contributed by atoms with Gasteiger partial charge in [0.15, 0.2) is 0 Å². The maximum atomic E-state index is 14.3. The summed E-state index contributed by atoms with van der Waals surface area (Å²) in [5.74, 6) is -0.882. The van der Waals surface area contributed by atoms with E-state index in [2.05, 4.69) is 5.32 Å². The van der Waals surface area contributed by atoms with Gasteiger partial charge in [-0.2, -0.15) is 0 Å². The number of nitrogens with zero attached hydrogens (tertiary/aromatic N) is 2. The molecule has 1 N–H and O–H groups in total. The van der Waals surface area contributed by atoms with Gasteiger partial charge in [-0.25, -0.2) is 12.8 Å². The molecule has 9 heteroatoms. The van der Waals surface area contributed by atoms with E-state index in [1.54, 1.807) is 37.3 Å². The molecule has 0 heterocycles. The van der Waals surface area contributed by atoms with Crippen LogP contribution in [0.4, 0.5) is 10.1 Å². The molecule has 0 spiro atoms.